The first-order valence-corrected chi connectivity index (χ1v) is 6.42. The van der Waals surface area contributed by atoms with Crippen LogP contribution in [0.25, 0.3) is 0 Å². The van der Waals surface area contributed by atoms with Crippen LogP contribution in [-0.2, 0) is 6.54 Å². The molecule has 0 saturated heterocycles. The maximum atomic E-state index is 13.5. The smallest absolute Gasteiger partial charge is 0.130 e. The molecule has 4 heteroatoms. The van der Waals surface area contributed by atoms with Crippen LogP contribution < -0.4 is 10.1 Å². The molecule has 0 amide bonds. The lowest BCUT2D eigenvalue weighted by Gasteiger charge is -2.17. The molecule has 0 aromatic heterocycles. The molecule has 0 unspecified atom stereocenters. The summed E-state index contributed by atoms with van der Waals surface area (Å²) in [6.45, 7) is 2.30. The minimum Gasteiger partial charge on any atom is -0.496 e. The Hall–Kier alpha value is -1.94. The number of hydrogen-bond acceptors (Lipinski definition) is 2. The van der Waals surface area contributed by atoms with Gasteiger partial charge in [0.1, 0.15) is 17.4 Å². The summed E-state index contributed by atoms with van der Waals surface area (Å²) in [6.07, 6.45) is 0. The molecule has 1 atom stereocenters. The van der Waals surface area contributed by atoms with Crippen LogP contribution in [0.5, 0.6) is 5.75 Å². The van der Waals surface area contributed by atoms with Gasteiger partial charge in [0.25, 0.3) is 0 Å². The van der Waals surface area contributed by atoms with Crippen LogP contribution in [0.3, 0.4) is 0 Å². The molecule has 2 rings (SSSR count). The largest absolute Gasteiger partial charge is 0.496 e. The molecule has 0 fully saturated rings. The Labute approximate surface area is 117 Å². The third-order valence-electron chi connectivity index (χ3n) is 3.22. The van der Waals surface area contributed by atoms with Gasteiger partial charge in [-0.15, -0.1) is 0 Å². The molecule has 0 aliphatic heterocycles. The zero-order valence-corrected chi connectivity index (χ0v) is 11.5. The second kappa shape index (κ2) is 6.48. The first-order chi connectivity index (χ1) is 9.61. The number of nitrogens with one attached hydrogen (secondary N) is 1. The fraction of sp³-hybridized carbons (Fsp3) is 0.250. The van der Waals surface area contributed by atoms with Crippen molar-refractivity contribution in [2.24, 2.45) is 0 Å². The average Bonchev–Trinajstić information content (AvgIpc) is 2.46. The Balaban J connectivity index is 2.06. The van der Waals surface area contributed by atoms with Crippen molar-refractivity contribution in [3.05, 3.63) is 65.2 Å². The molecule has 0 radical (unpaired) electrons. The summed E-state index contributed by atoms with van der Waals surface area (Å²) in [7, 11) is 1.62. The molecule has 0 saturated carbocycles. The molecule has 0 bridgehead atoms. The number of hydrogen-bond donors (Lipinski definition) is 1. The molecule has 0 spiro atoms. The number of methoxy groups -OCH3 is 1. The van der Waals surface area contributed by atoms with E-state index in [1.54, 1.807) is 7.11 Å². The maximum Gasteiger partial charge on any atom is 0.130 e. The molecular formula is C16H17F2NO. The topological polar surface area (TPSA) is 21.3 Å². The van der Waals surface area contributed by atoms with E-state index >= 15 is 0 Å². The van der Waals surface area contributed by atoms with Crippen molar-refractivity contribution >= 4 is 0 Å². The Morgan fingerprint density at radius 2 is 1.90 bits per heavy atom. The molecule has 2 aromatic rings. The SMILES string of the molecule is COc1ccccc1[C@@H](C)NCc1ccc(F)cc1F. The highest BCUT2D eigenvalue weighted by Gasteiger charge is 2.11. The Bertz CT molecular complexity index is 586. The number of benzene rings is 2. The lowest BCUT2D eigenvalue weighted by atomic mass is 10.1. The fourth-order valence-corrected chi connectivity index (χ4v) is 2.06. The number of para-hydroxylation sites is 1. The summed E-state index contributed by atoms with van der Waals surface area (Å²) >= 11 is 0. The minimum atomic E-state index is -0.566. The van der Waals surface area contributed by atoms with Gasteiger partial charge in [0, 0.05) is 29.8 Å². The van der Waals surface area contributed by atoms with E-state index in [4.69, 9.17) is 4.74 Å². The first kappa shape index (κ1) is 14.5. The van der Waals surface area contributed by atoms with Gasteiger partial charge in [0.05, 0.1) is 7.11 Å². The van der Waals surface area contributed by atoms with Gasteiger partial charge in [-0.05, 0) is 19.1 Å². The molecule has 2 nitrogen and oxygen atoms in total. The molecule has 106 valence electrons. The minimum absolute atomic E-state index is 0.00407. The lowest BCUT2D eigenvalue weighted by Crippen LogP contribution is -2.19. The quantitative estimate of drug-likeness (QED) is 0.897. The lowest BCUT2D eigenvalue weighted by molar-refractivity contribution is 0.401. The Morgan fingerprint density at radius 3 is 2.60 bits per heavy atom. The highest BCUT2D eigenvalue weighted by molar-refractivity contribution is 5.35. The van der Waals surface area contributed by atoms with E-state index in [1.165, 1.54) is 12.1 Å². The van der Waals surface area contributed by atoms with Crippen LogP contribution in [0.15, 0.2) is 42.5 Å². The maximum absolute atomic E-state index is 13.5. The number of halogens is 2. The van der Waals surface area contributed by atoms with Crippen molar-refractivity contribution in [2.45, 2.75) is 19.5 Å². The van der Waals surface area contributed by atoms with Gasteiger partial charge in [0.2, 0.25) is 0 Å². The van der Waals surface area contributed by atoms with Gasteiger partial charge in [0.15, 0.2) is 0 Å². The number of rotatable bonds is 5. The highest BCUT2D eigenvalue weighted by Crippen LogP contribution is 2.24. The molecule has 1 N–H and O–H groups in total. The van der Waals surface area contributed by atoms with Crippen molar-refractivity contribution in [2.75, 3.05) is 7.11 Å². The second-order valence-corrected chi connectivity index (χ2v) is 4.58. The van der Waals surface area contributed by atoms with Crippen molar-refractivity contribution in [1.29, 1.82) is 0 Å². The zero-order chi connectivity index (χ0) is 14.5. The molecular weight excluding hydrogens is 260 g/mol. The summed E-state index contributed by atoms with van der Waals surface area (Å²) in [6, 6.07) is 11.3. The highest BCUT2D eigenvalue weighted by atomic mass is 19.1. The average molecular weight is 277 g/mol. The van der Waals surface area contributed by atoms with Gasteiger partial charge < -0.3 is 10.1 Å². The summed E-state index contributed by atoms with van der Waals surface area (Å²) in [5.74, 6) is -0.319. The van der Waals surface area contributed by atoms with Crippen LogP contribution in [0.1, 0.15) is 24.1 Å². The Kier molecular flexibility index (Phi) is 4.69. The van der Waals surface area contributed by atoms with E-state index < -0.39 is 11.6 Å². The van der Waals surface area contributed by atoms with Crippen molar-refractivity contribution < 1.29 is 13.5 Å². The molecule has 0 heterocycles. The standard InChI is InChI=1S/C16H17F2NO/c1-11(14-5-3-4-6-16(14)20-2)19-10-12-7-8-13(17)9-15(12)18/h3-9,11,19H,10H2,1-2H3/t11-/m1/s1. The van der Waals surface area contributed by atoms with Crippen molar-refractivity contribution in [3.63, 3.8) is 0 Å². The molecule has 0 aliphatic rings. The van der Waals surface area contributed by atoms with E-state index in [2.05, 4.69) is 5.32 Å². The van der Waals surface area contributed by atoms with E-state index in [0.29, 0.717) is 12.1 Å². The predicted octanol–water partition coefficient (Wildman–Crippen LogP) is 3.82. The van der Waals surface area contributed by atoms with Gasteiger partial charge in [-0.1, -0.05) is 24.3 Å². The van der Waals surface area contributed by atoms with E-state index in [9.17, 15) is 8.78 Å². The van der Waals surface area contributed by atoms with Gasteiger partial charge in [-0.3, -0.25) is 0 Å². The molecule has 2 aromatic carbocycles. The van der Waals surface area contributed by atoms with Crippen LogP contribution in [-0.4, -0.2) is 7.11 Å². The summed E-state index contributed by atoms with van der Waals surface area (Å²) in [5, 5.41) is 3.21. The van der Waals surface area contributed by atoms with Crippen LogP contribution in [0.2, 0.25) is 0 Å². The predicted molar refractivity (Wildman–Crippen MR) is 74.6 cm³/mol. The second-order valence-electron chi connectivity index (χ2n) is 4.58. The first-order valence-electron chi connectivity index (χ1n) is 6.42. The zero-order valence-electron chi connectivity index (χ0n) is 11.5. The van der Waals surface area contributed by atoms with E-state index in [1.807, 2.05) is 31.2 Å². The molecule has 20 heavy (non-hydrogen) atoms. The van der Waals surface area contributed by atoms with Gasteiger partial charge >= 0.3 is 0 Å². The van der Waals surface area contributed by atoms with Crippen LogP contribution in [0, 0.1) is 11.6 Å². The number of ether oxygens (including phenoxy) is 1. The third-order valence-corrected chi connectivity index (χ3v) is 3.22. The monoisotopic (exact) mass is 277 g/mol. The third kappa shape index (κ3) is 3.33. The summed E-state index contributed by atoms with van der Waals surface area (Å²) in [4.78, 5) is 0. The molecule has 0 aliphatic carbocycles. The van der Waals surface area contributed by atoms with Crippen molar-refractivity contribution in [3.8, 4) is 5.75 Å². The fourth-order valence-electron chi connectivity index (χ4n) is 2.06. The normalized spacial score (nSPS) is 12.2. The van der Waals surface area contributed by atoms with Gasteiger partial charge in [-0.25, -0.2) is 8.78 Å². The van der Waals surface area contributed by atoms with E-state index in [0.717, 1.165) is 17.4 Å². The summed E-state index contributed by atoms with van der Waals surface area (Å²) < 4.78 is 31.7. The van der Waals surface area contributed by atoms with Crippen molar-refractivity contribution in [1.82, 2.24) is 5.32 Å². The van der Waals surface area contributed by atoms with Crippen LogP contribution in [0.4, 0.5) is 8.78 Å². The summed E-state index contributed by atoms with van der Waals surface area (Å²) in [5.41, 5.74) is 1.44. The van der Waals surface area contributed by atoms with Gasteiger partial charge in [-0.2, -0.15) is 0 Å². The van der Waals surface area contributed by atoms with E-state index in [-0.39, 0.29) is 6.04 Å². The van der Waals surface area contributed by atoms with Crippen LogP contribution >= 0.6 is 0 Å². The Morgan fingerprint density at radius 1 is 1.15 bits per heavy atom.